The van der Waals surface area contributed by atoms with Gasteiger partial charge >= 0.3 is 0 Å². The fourth-order valence-electron chi connectivity index (χ4n) is 3.53. The molecule has 1 aliphatic rings. The maximum atomic E-state index is 12.9. The summed E-state index contributed by atoms with van der Waals surface area (Å²) in [4.78, 5) is 26.8. The predicted octanol–water partition coefficient (Wildman–Crippen LogP) is 3.04. The Balaban J connectivity index is 1.83. The van der Waals surface area contributed by atoms with E-state index in [-0.39, 0.29) is 24.0 Å². The van der Waals surface area contributed by atoms with Gasteiger partial charge in [-0.25, -0.2) is 8.42 Å². The maximum absolute atomic E-state index is 12.9. The minimum atomic E-state index is -3.18. The second-order valence-corrected chi connectivity index (χ2v) is 9.65. The van der Waals surface area contributed by atoms with Crippen molar-refractivity contribution >= 4 is 38.9 Å². The molecule has 2 amide bonds. The molecule has 0 aliphatic carbocycles. The summed E-state index contributed by atoms with van der Waals surface area (Å²) in [5.74, 6) is -1.09. The van der Waals surface area contributed by atoms with Crippen molar-refractivity contribution in [2.45, 2.75) is 18.2 Å². The highest BCUT2D eigenvalue weighted by Crippen LogP contribution is 2.38. The van der Waals surface area contributed by atoms with Crippen LogP contribution in [-0.2, 0) is 25.2 Å². The van der Waals surface area contributed by atoms with Gasteiger partial charge in [0.05, 0.1) is 17.7 Å². The van der Waals surface area contributed by atoms with Crippen LogP contribution >= 0.6 is 11.6 Å². The summed E-state index contributed by atoms with van der Waals surface area (Å²) in [7, 11) is -1.50. The predicted molar refractivity (Wildman–Crippen MR) is 109 cm³/mol. The van der Waals surface area contributed by atoms with Crippen molar-refractivity contribution in [1.29, 1.82) is 0 Å². The number of sulfone groups is 1. The topological polar surface area (TPSA) is 83.6 Å². The molecule has 1 fully saturated rings. The smallest absolute Gasteiger partial charge is 0.230 e. The second kappa shape index (κ2) is 7.93. The van der Waals surface area contributed by atoms with Crippen LogP contribution in [-0.4, -0.2) is 38.4 Å². The van der Waals surface area contributed by atoms with E-state index in [0.717, 1.165) is 11.8 Å². The van der Waals surface area contributed by atoms with E-state index in [1.54, 1.807) is 54.4 Å². The van der Waals surface area contributed by atoms with E-state index >= 15 is 0 Å². The summed E-state index contributed by atoms with van der Waals surface area (Å²) in [6.07, 6.45) is 1.26. The zero-order chi connectivity index (χ0) is 20.5. The molecular weight excluding hydrogens is 400 g/mol. The van der Waals surface area contributed by atoms with Crippen molar-refractivity contribution in [2.24, 2.45) is 5.92 Å². The Bertz CT molecular complexity index is 1020. The highest BCUT2D eigenvalue weighted by atomic mass is 35.5. The van der Waals surface area contributed by atoms with Gasteiger partial charge in [-0.3, -0.25) is 9.59 Å². The lowest BCUT2D eigenvalue weighted by Gasteiger charge is -2.25. The molecule has 1 heterocycles. The Morgan fingerprint density at radius 3 is 2.61 bits per heavy atom. The van der Waals surface area contributed by atoms with Crippen molar-refractivity contribution in [1.82, 2.24) is 4.90 Å². The van der Waals surface area contributed by atoms with Crippen LogP contribution in [0.2, 0.25) is 5.02 Å². The van der Waals surface area contributed by atoms with Crippen LogP contribution in [0.5, 0.6) is 0 Å². The molecule has 3 rings (SSSR count). The molecule has 6 nitrogen and oxygen atoms in total. The number of benzene rings is 2. The Hall–Kier alpha value is -2.38. The van der Waals surface area contributed by atoms with Crippen LogP contribution in [0, 0.1) is 5.92 Å². The number of hydrogen-bond donors (Lipinski definition) is 1. The van der Waals surface area contributed by atoms with E-state index in [2.05, 4.69) is 5.32 Å². The van der Waals surface area contributed by atoms with Crippen molar-refractivity contribution in [3.63, 3.8) is 0 Å². The number of amides is 2. The zero-order valence-electron chi connectivity index (χ0n) is 15.6. The van der Waals surface area contributed by atoms with Gasteiger partial charge in [0.15, 0.2) is 9.84 Å². The summed E-state index contributed by atoms with van der Waals surface area (Å²) in [6.45, 7) is 0. The maximum Gasteiger partial charge on any atom is 0.230 e. The molecule has 2 unspecified atom stereocenters. The monoisotopic (exact) mass is 420 g/mol. The highest BCUT2D eigenvalue weighted by molar-refractivity contribution is 7.89. The SMILES string of the molecule is CN1C(=O)CC(C(=O)Nc2cccc(CS(C)(=O)=O)c2)C1c1cccc(Cl)c1. The Labute approximate surface area is 169 Å². The third kappa shape index (κ3) is 4.72. The molecule has 1 saturated heterocycles. The largest absolute Gasteiger partial charge is 0.338 e. The number of carbonyl (C=O) groups excluding carboxylic acids is 2. The first-order valence-corrected chi connectivity index (χ1v) is 11.2. The number of anilines is 1. The van der Waals surface area contributed by atoms with Crippen LogP contribution in [0.4, 0.5) is 5.69 Å². The number of likely N-dealkylation sites (tertiary alicyclic amines) is 1. The third-order valence-electron chi connectivity index (χ3n) is 4.74. The zero-order valence-corrected chi connectivity index (χ0v) is 17.1. The van der Waals surface area contributed by atoms with Gasteiger partial charge in [-0.1, -0.05) is 35.9 Å². The minimum absolute atomic E-state index is 0.0997. The summed E-state index contributed by atoms with van der Waals surface area (Å²) in [6, 6.07) is 13.4. The molecule has 1 N–H and O–H groups in total. The second-order valence-electron chi connectivity index (χ2n) is 7.07. The molecular formula is C20H21ClN2O4S. The number of halogens is 1. The van der Waals surface area contributed by atoms with Crippen LogP contribution in [0.25, 0.3) is 0 Å². The molecule has 0 bridgehead atoms. The lowest BCUT2D eigenvalue weighted by Crippen LogP contribution is -2.30. The Kier molecular flexibility index (Phi) is 5.76. The van der Waals surface area contributed by atoms with E-state index in [1.165, 1.54) is 0 Å². The van der Waals surface area contributed by atoms with Crippen LogP contribution < -0.4 is 5.32 Å². The molecule has 28 heavy (non-hydrogen) atoms. The summed E-state index contributed by atoms with van der Waals surface area (Å²) >= 11 is 6.08. The molecule has 2 aromatic rings. The molecule has 0 radical (unpaired) electrons. The van der Waals surface area contributed by atoms with Crippen molar-refractivity contribution in [2.75, 3.05) is 18.6 Å². The number of rotatable bonds is 5. The normalized spacial score (nSPS) is 19.7. The highest BCUT2D eigenvalue weighted by Gasteiger charge is 2.42. The van der Waals surface area contributed by atoms with Crippen LogP contribution in [0.15, 0.2) is 48.5 Å². The Morgan fingerprint density at radius 2 is 1.93 bits per heavy atom. The average Bonchev–Trinajstić information content (AvgIpc) is 2.89. The molecule has 2 atom stereocenters. The first-order valence-electron chi connectivity index (χ1n) is 8.73. The fourth-order valence-corrected chi connectivity index (χ4v) is 4.51. The summed E-state index contributed by atoms with van der Waals surface area (Å²) in [5, 5.41) is 3.36. The van der Waals surface area contributed by atoms with Gasteiger partial charge in [-0.15, -0.1) is 0 Å². The van der Waals surface area contributed by atoms with Crippen molar-refractivity contribution in [3.8, 4) is 0 Å². The molecule has 0 aromatic heterocycles. The van der Waals surface area contributed by atoms with E-state index < -0.39 is 21.8 Å². The van der Waals surface area contributed by atoms with E-state index in [0.29, 0.717) is 16.3 Å². The molecule has 1 aliphatic heterocycles. The number of carbonyl (C=O) groups is 2. The Morgan fingerprint density at radius 1 is 1.21 bits per heavy atom. The molecule has 148 valence electrons. The van der Waals surface area contributed by atoms with Gasteiger partial charge in [0.25, 0.3) is 0 Å². The summed E-state index contributed by atoms with van der Waals surface area (Å²) < 4.78 is 23.0. The van der Waals surface area contributed by atoms with Crippen molar-refractivity contribution < 1.29 is 18.0 Å². The number of hydrogen-bond acceptors (Lipinski definition) is 4. The number of nitrogens with zero attached hydrogens (tertiary/aromatic N) is 1. The van der Waals surface area contributed by atoms with Gasteiger partial charge < -0.3 is 10.2 Å². The third-order valence-corrected chi connectivity index (χ3v) is 5.83. The van der Waals surface area contributed by atoms with Gasteiger partial charge in [-0.05, 0) is 35.4 Å². The van der Waals surface area contributed by atoms with Crippen LogP contribution in [0.3, 0.4) is 0 Å². The lowest BCUT2D eigenvalue weighted by molar-refractivity contribution is -0.127. The number of nitrogens with one attached hydrogen (secondary N) is 1. The van der Waals surface area contributed by atoms with E-state index in [9.17, 15) is 18.0 Å². The van der Waals surface area contributed by atoms with Gasteiger partial charge in [-0.2, -0.15) is 0 Å². The van der Waals surface area contributed by atoms with E-state index in [4.69, 9.17) is 11.6 Å². The fraction of sp³-hybridized carbons (Fsp3) is 0.300. The standard InChI is InChI=1S/C20H21ClN2O4S/c1-23-18(24)11-17(19(23)14-6-4-7-15(21)10-14)20(25)22-16-8-3-5-13(9-16)12-28(2,26)27/h3-10,17,19H,11-12H2,1-2H3,(H,22,25). The van der Waals surface area contributed by atoms with Gasteiger partial charge in [0.2, 0.25) is 11.8 Å². The van der Waals surface area contributed by atoms with Crippen LogP contribution in [0.1, 0.15) is 23.6 Å². The molecule has 0 saturated carbocycles. The molecule has 8 heteroatoms. The lowest BCUT2D eigenvalue weighted by atomic mass is 9.93. The first kappa shape index (κ1) is 20.4. The van der Waals surface area contributed by atoms with Crippen molar-refractivity contribution in [3.05, 3.63) is 64.7 Å². The first-order chi connectivity index (χ1) is 13.1. The minimum Gasteiger partial charge on any atom is -0.338 e. The van der Waals surface area contributed by atoms with Gasteiger partial charge in [0, 0.05) is 30.4 Å². The molecule has 2 aromatic carbocycles. The summed E-state index contributed by atoms with van der Waals surface area (Å²) in [5.41, 5.74) is 1.89. The molecule has 0 spiro atoms. The van der Waals surface area contributed by atoms with Gasteiger partial charge in [0.1, 0.15) is 0 Å². The van der Waals surface area contributed by atoms with E-state index in [1.807, 2.05) is 6.07 Å². The average molecular weight is 421 g/mol. The quantitative estimate of drug-likeness (QED) is 0.805.